The maximum atomic E-state index is 12.6. The quantitative estimate of drug-likeness (QED) is 0.305. The van der Waals surface area contributed by atoms with E-state index in [0.717, 1.165) is 10.4 Å². The maximum absolute atomic E-state index is 12.6. The molecule has 0 atom stereocenters. The largest absolute Gasteiger partial charge is 0.346 e. The van der Waals surface area contributed by atoms with Gasteiger partial charge in [-0.25, -0.2) is 0 Å². The summed E-state index contributed by atoms with van der Waals surface area (Å²) in [5.74, 6) is -0.734. The number of hydrogen-bond donors (Lipinski definition) is 2. The van der Waals surface area contributed by atoms with Crippen molar-refractivity contribution in [2.24, 2.45) is 0 Å². The van der Waals surface area contributed by atoms with Gasteiger partial charge in [0.15, 0.2) is 0 Å². The topological polar surface area (TPSA) is 114 Å². The third-order valence-corrected chi connectivity index (χ3v) is 5.99. The lowest BCUT2D eigenvalue weighted by Gasteiger charge is -2.09. The van der Waals surface area contributed by atoms with Crippen molar-refractivity contribution >= 4 is 56.2 Å². The predicted octanol–water partition coefficient (Wildman–Crippen LogP) is 5.04. The molecule has 0 unspecified atom stereocenters. The first-order valence-corrected chi connectivity index (χ1v) is 10.6. The molecule has 2 N–H and O–H groups in total. The molecule has 0 aliphatic rings. The second-order valence-electron chi connectivity index (χ2n) is 6.74. The Morgan fingerprint density at radius 3 is 2.62 bits per heavy atom. The van der Waals surface area contributed by atoms with Crippen LogP contribution in [0, 0.1) is 10.1 Å². The molecule has 10 heteroatoms. The van der Waals surface area contributed by atoms with E-state index in [1.807, 2.05) is 6.07 Å². The van der Waals surface area contributed by atoms with Crippen LogP contribution in [0.25, 0.3) is 10.1 Å². The van der Waals surface area contributed by atoms with Gasteiger partial charge >= 0.3 is 0 Å². The molecule has 8 nitrogen and oxygen atoms in total. The molecular formula is C22H15ClN4O4S. The third-order valence-electron chi connectivity index (χ3n) is 4.56. The minimum atomic E-state index is -0.479. The van der Waals surface area contributed by atoms with Crippen LogP contribution in [0.1, 0.15) is 25.7 Å². The predicted molar refractivity (Wildman–Crippen MR) is 123 cm³/mol. The summed E-state index contributed by atoms with van der Waals surface area (Å²) in [6.07, 6.45) is 1.64. The first kappa shape index (κ1) is 21.4. The highest BCUT2D eigenvalue weighted by atomic mass is 35.5. The molecule has 160 valence electrons. The van der Waals surface area contributed by atoms with Crippen molar-refractivity contribution in [2.45, 2.75) is 6.54 Å². The van der Waals surface area contributed by atoms with E-state index >= 15 is 0 Å². The van der Waals surface area contributed by atoms with Crippen LogP contribution in [0.5, 0.6) is 0 Å². The van der Waals surface area contributed by atoms with Crippen LogP contribution in [0.3, 0.4) is 0 Å². The van der Waals surface area contributed by atoms with Crippen molar-refractivity contribution in [2.75, 3.05) is 5.32 Å². The first-order chi connectivity index (χ1) is 15.4. The van der Waals surface area contributed by atoms with Gasteiger partial charge in [-0.1, -0.05) is 17.7 Å². The third kappa shape index (κ3) is 4.74. The number of amides is 2. The number of carbonyl (C=O) groups is 2. The summed E-state index contributed by atoms with van der Waals surface area (Å²) in [7, 11) is 0. The number of nitro benzene ring substituents is 1. The number of rotatable bonds is 6. The number of nitro groups is 1. The molecule has 2 amide bonds. The fourth-order valence-corrected chi connectivity index (χ4v) is 4.20. The van der Waals surface area contributed by atoms with Gasteiger partial charge in [0.1, 0.15) is 0 Å². The first-order valence-electron chi connectivity index (χ1n) is 9.38. The normalized spacial score (nSPS) is 10.7. The Bertz CT molecular complexity index is 1340. The number of hydrogen-bond acceptors (Lipinski definition) is 6. The number of fused-ring (bicyclic) bond motifs is 1. The molecule has 32 heavy (non-hydrogen) atoms. The minimum absolute atomic E-state index is 0.0362. The zero-order valence-corrected chi connectivity index (χ0v) is 17.9. The lowest BCUT2D eigenvalue weighted by molar-refractivity contribution is -0.384. The van der Waals surface area contributed by atoms with Gasteiger partial charge in [0.2, 0.25) is 0 Å². The number of aromatic nitrogens is 1. The zero-order chi connectivity index (χ0) is 22.7. The second kappa shape index (κ2) is 9.13. The van der Waals surface area contributed by atoms with Gasteiger partial charge < -0.3 is 10.6 Å². The highest BCUT2D eigenvalue weighted by molar-refractivity contribution is 7.20. The Labute approximate surface area is 191 Å². The van der Waals surface area contributed by atoms with E-state index in [0.29, 0.717) is 16.0 Å². The van der Waals surface area contributed by atoms with Crippen LogP contribution in [0.2, 0.25) is 5.02 Å². The Balaban J connectivity index is 1.45. The molecule has 0 aliphatic carbocycles. The van der Waals surface area contributed by atoms with E-state index in [1.54, 1.807) is 36.5 Å². The molecule has 0 saturated carbocycles. The monoisotopic (exact) mass is 466 g/mol. The van der Waals surface area contributed by atoms with Gasteiger partial charge in [-0.2, -0.15) is 0 Å². The van der Waals surface area contributed by atoms with E-state index in [9.17, 15) is 19.7 Å². The Kier molecular flexibility index (Phi) is 6.11. The van der Waals surface area contributed by atoms with Gasteiger partial charge in [0, 0.05) is 34.1 Å². The average Bonchev–Trinajstić information content (AvgIpc) is 3.22. The summed E-state index contributed by atoms with van der Waals surface area (Å²) < 4.78 is 0.763. The summed E-state index contributed by atoms with van der Waals surface area (Å²) in [6.45, 7) is 0.262. The molecule has 0 radical (unpaired) electrons. The fraction of sp³-hybridized carbons (Fsp3) is 0.0455. The number of halogens is 1. The van der Waals surface area contributed by atoms with E-state index in [4.69, 9.17) is 11.6 Å². The molecule has 2 aromatic carbocycles. The number of carbonyl (C=O) groups excluding carboxylic acids is 2. The maximum Gasteiger partial charge on any atom is 0.270 e. The number of benzene rings is 2. The van der Waals surface area contributed by atoms with Gasteiger partial charge in [0.25, 0.3) is 17.5 Å². The van der Waals surface area contributed by atoms with Crippen LogP contribution in [-0.4, -0.2) is 21.7 Å². The molecule has 2 aromatic heterocycles. The van der Waals surface area contributed by atoms with Gasteiger partial charge in [-0.3, -0.25) is 24.7 Å². The van der Waals surface area contributed by atoms with Crippen LogP contribution in [-0.2, 0) is 6.54 Å². The molecule has 0 saturated heterocycles. The zero-order valence-electron chi connectivity index (χ0n) is 16.4. The Morgan fingerprint density at radius 2 is 1.91 bits per heavy atom. The number of thiophene rings is 1. The molecule has 0 spiro atoms. The van der Waals surface area contributed by atoms with Crippen molar-refractivity contribution in [3.05, 3.63) is 98.1 Å². The Morgan fingerprint density at radius 1 is 1.06 bits per heavy atom. The van der Waals surface area contributed by atoms with Crippen molar-refractivity contribution < 1.29 is 14.5 Å². The average molecular weight is 467 g/mol. The summed E-state index contributed by atoms with van der Waals surface area (Å²) >= 11 is 7.48. The lowest BCUT2D eigenvalue weighted by Crippen LogP contribution is -2.23. The number of nitrogens with zero attached hydrogens (tertiary/aromatic N) is 2. The SMILES string of the molecule is O=C(Nc1ccc(C(=O)NCc2ccccn2)c(Cl)c1)c1cc2cc([N+](=O)[O-])ccc2s1. The molecule has 0 bridgehead atoms. The van der Waals surface area contributed by atoms with Crippen LogP contribution in [0.4, 0.5) is 11.4 Å². The Hall–Kier alpha value is -3.82. The number of non-ortho nitro benzene ring substituents is 1. The standard InChI is InChI=1S/C22H15ClN4O4S/c23-18-11-14(4-6-17(18)21(28)25-12-15-3-1-2-8-24-15)26-22(29)20-10-13-9-16(27(30)31)5-7-19(13)32-20/h1-11H,12H2,(H,25,28)(H,26,29). The lowest BCUT2D eigenvalue weighted by atomic mass is 10.2. The van der Waals surface area contributed by atoms with E-state index in [2.05, 4.69) is 15.6 Å². The van der Waals surface area contributed by atoms with Crippen LogP contribution < -0.4 is 10.6 Å². The number of anilines is 1. The van der Waals surface area contributed by atoms with Crippen molar-refractivity contribution in [1.29, 1.82) is 0 Å². The molecule has 0 fully saturated rings. The molecule has 0 aliphatic heterocycles. The summed E-state index contributed by atoms with van der Waals surface area (Å²) in [6, 6.07) is 16.1. The number of pyridine rings is 1. The van der Waals surface area contributed by atoms with Gasteiger partial charge in [-0.15, -0.1) is 11.3 Å². The van der Waals surface area contributed by atoms with Crippen molar-refractivity contribution in [1.82, 2.24) is 10.3 Å². The molecule has 4 rings (SSSR count). The van der Waals surface area contributed by atoms with Crippen LogP contribution in [0.15, 0.2) is 66.9 Å². The molecular weight excluding hydrogens is 452 g/mol. The fourth-order valence-electron chi connectivity index (χ4n) is 2.99. The number of nitrogens with one attached hydrogen (secondary N) is 2. The van der Waals surface area contributed by atoms with E-state index in [1.165, 1.54) is 35.6 Å². The summed E-state index contributed by atoms with van der Waals surface area (Å²) in [4.78, 5) is 40.0. The summed E-state index contributed by atoms with van der Waals surface area (Å²) in [5, 5.41) is 17.2. The van der Waals surface area contributed by atoms with Crippen molar-refractivity contribution in [3.63, 3.8) is 0 Å². The van der Waals surface area contributed by atoms with Gasteiger partial charge in [0.05, 0.1) is 32.6 Å². The smallest absolute Gasteiger partial charge is 0.270 e. The van der Waals surface area contributed by atoms with Crippen molar-refractivity contribution in [3.8, 4) is 0 Å². The van der Waals surface area contributed by atoms with E-state index in [-0.39, 0.29) is 34.6 Å². The molecule has 2 heterocycles. The highest BCUT2D eigenvalue weighted by Gasteiger charge is 2.15. The highest BCUT2D eigenvalue weighted by Crippen LogP contribution is 2.30. The van der Waals surface area contributed by atoms with Gasteiger partial charge in [-0.05, 0) is 42.5 Å². The second-order valence-corrected chi connectivity index (χ2v) is 8.23. The molecule has 4 aromatic rings. The minimum Gasteiger partial charge on any atom is -0.346 e. The van der Waals surface area contributed by atoms with Crippen LogP contribution >= 0.6 is 22.9 Å². The van der Waals surface area contributed by atoms with E-state index < -0.39 is 4.92 Å². The summed E-state index contributed by atoms with van der Waals surface area (Å²) in [5.41, 5.74) is 1.37.